The molecule has 3 nitrogen and oxygen atoms in total. The van der Waals surface area contributed by atoms with Crippen molar-refractivity contribution in [3.05, 3.63) is 23.9 Å². The van der Waals surface area contributed by atoms with Gasteiger partial charge in [-0.1, -0.05) is 6.07 Å². The molecule has 0 bridgehead atoms. The van der Waals surface area contributed by atoms with E-state index in [9.17, 15) is 0 Å². The predicted molar refractivity (Wildman–Crippen MR) is 55.1 cm³/mol. The molecule has 1 aliphatic carbocycles. The highest BCUT2D eigenvalue weighted by Gasteiger charge is 2.21. The highest BCUT2D eigenvalue weighted by atomic mass is 16.5. The first kappa shape index (κ1) is 9.46. The Kier molecular flexibility index (Phi) is 2.68. The zero-order valence-corrected chi connectivity index (χ0v) is 8.44. The van der Waals surface area contributed by atoms with Gasteiger partial charge in [-0.3, -0.25) is 0 Å². The normalized spacial score (nSPS) is 18.7. The van der Waals surface area contributed by atoms with E-state index in [1.54, 1.807) is 6.20 Å². The zero-order valence-electron chi connectivity index (χ0n) is 8.44. The van der Waals surface area contributed by atoms with Crippen LogP contribution in [0.4, 0.5) is 0 Å². The fourth-order valence-corrected chi connectivity index (χ4v) is 1.49. The topological polar surface area (TPSA) is 48.1 Å². The van der Waals surface area contributed by atoms with Crippen molar-refractivity contribution >= 4 is 0 Å². The number of hydrogen-bond donors (Lipinski definition) is 1. The van der Waals surface area contributed by atoms with Crippen LogP contribution in [0, 0.1) is 0 Å². The average molecular weight is 192 g/mol. The summed E-state index contributed by atoms with van der Waals surface area (Å²) >= 11 is 0. The average Bonchev–Trinajstić information content (AvgIpc) is 2.12. The smallest absolute Gasteiger partial charge is 0.218 e. The van der Waals surface area contributed by atoms with E-state index in [-0.39, 0.29) is 6.04 Å². The molecular formula is C11H16N2O. The van der Waals surface area contributed by atoms with Gasteiger partial charge in [0, 0.05) is 17.8 Å². The van der Waals surface area contributed by atoms with Gasteiger partial charge in [-0.15, -0.1) is 0 Å². The maximum atomic E-state index is 5.83. The molecular weight excluding hydrogens is 176 g/mol. The Balaban J connectivity index is 2.13. The number of hydrogen-bond acceptors (Lipinski definition) is 3. The molecule has 0 amide bonds. The van der Waals surface area contributed by atoms with Gasteiger partial charge in [0.25, 0.3) is 0 Å². The van der Waals surface area contributed by atoms with Gasteiger partial charge < -0.3 is 10.5 Å². The monoisotopic (exact) mass is 192 g/mol. The number of rotatable bonds is 3. The van der Waals surface area contributed by atoms with Gasteiger partial charge in [-0.25, -0.2) is 4.98 Å². The van der Waals surface area contributed by atoms with Crippen molar-refractivity contribution in [3.8, 4) is 5.88 Å². The standard InChI is InChI=1S/C11H16N2O/c1-8(12)10-6-3-7-13-11(10)14-9-4-2-5-9/h3,6-9H,2,4-5,12H2,1H3/t8-/m0/s1. The van der Waals surface area contributed by atoms with Gasteiger partial charge in [0.05, 0.1) is 0 Å². The first-order valence-corrected chi connectivity index (χ1v) is 5.14. The fraction of sp³-hybridized carbons (Fsp3) is 0.545. The second-order valence-corrected chi connectivity index (χ2v) is 3.86. The summed E-state index contributed by atoms with van der Waals surface area (Å²) in [5, 5.41) is 0. The molecule has 0 unspecified atom stereocenters. The molecule has 1 heterocycles. The lowest BCUT2D eigenvalue weighted by Crippen LogP contribution is -2.26. The van der Waals surface area contributed by atoms with E-state index in [2.05, 4.69) is 4.98 Å². The Hall–Kier alpha value is -1.09. The van der Waals surface area contributed by atoms with Crippen molar-refractivity contribution in [3.63, 3.8) is 0 Å². The summed E-state index contributed by atoms with van der Waals surface area (Å²) in [5.41, 5.74) is 6.83. The van der Waals surface area contributed by atoms with Gasteiger partial charge in [-0.05, 0) is 32.3 Å². The lowest BCUT2D eigenvalue weighted by molar-refractivity contribution is 0.113. The molecule has 0 radical (unpaired) electrons. The van der Waals surface area contributed by atoms with Crippen LogP contribution in [0.3, 0.4) is 0 Å². The highest BCUT2D eigenvalue weighted by molar-refractivity contribution is 5.28. The van der Waals surface area contributed by atoms with Crippen LogP contribution in [-0.2, 0) is 0 Å². The van der Waals surface area contributed by atoms with E-state index in [4.69, 9.17) is 10.5 Å². The summed E-state index contributed by atoms with van der Waals surface area (Å²) in [5.74, 6) is 0.715. The number of ether oxygens (including phenoxy) is 1. The Morgan fingerprint density at radius 2 is 2.36 bits per heavy atom. The van der Waals surface area contributed by atoms with E-state index >= 15 is 0 Å². The van der Waals surface area contributed by atoms with Gasteiger partial charge in [0.1, 0.15) is 6.10 Å². The minimum absolute atomic E-state index is 0.0150. The first-order valence-electron chi connectivity index (χ1n) is 5.14. The summed E-state index contributed by atoms with van der Waals surface area (Å²) in [6, 6.07) is 3.86. The van der Waals surface area contributed by atoms with E-state index in [0.717, 1.165) is 18.4 Å². The van der Waals surface area contributed by atoms with Crippen LogP contribution in [0.25, 0.3) is 0 Å². The summed E-state index contributed by atoms with van der Waals surface area (Å²) in [6.45, 7) is 1.95. The van der Waals surface area contributed by atoms with Crippen LogP contribution in [0.15, 0.2) is 18.3 Å². The van der Waals surface area contributed by atoms with Crippen LogP contribution in [-0.4, -0.2) is 11.1 Å². The molecule has 0 aromatic carbocycles. The molecule has 1 fully saturated rings. The van der Waals surface area contributed by atoms with Crippen LogP contribution < -0.4 is 10.5 Å². The van der Waals surface area contributed by atoms with E-state index in [1.807, 2.05) is 19.1 Å². The molecule has 0 aliphatic heterocycles. The minimum atomic E-state index is -0.0150. The second-order valence-electron chi connectivity index (χ2n) is 3.86. The lowest BCUT2D eigenvalue weighted by Gasteiger charge is -2.27. The van der Waals surface area contributed by atoms with Gasteiger partial charge >= 0.3 is 0 Å². The molecule has 1 aromatic heterocycles. The minimum Gasteiger partial charge on any atom is -0.474 e. The van der Waals surface area contributed by atoms with Crippen LogP contribution in [0.1, 0.15) is 37.8 Å². The van der Waals surface area contributed by atoms with E-state index in [1.165, 1.54) is 6.42 Å². The summed E-state index contributed by atoms with van der Waals surface area (Å²) in [4.78, 5) is 4.22. The third-order valence-electron chi connectivity index (χ3n) is 2.62. The Morgan fingerprint density at radius 3 is 2.93 bits per heavy atom. The summed E-state index contributed by atoms with van der Waals surface area (Å²) in [7, 11) is 0. The number of nitrogens with zero attached hydrogens (tertiary/aromatic N) is 1. The Labute approximate surface area is 84.3 Å². The van der Waals surface area contributed by atoms with Gasteiger partial charge in [0.15, 0.2) is 0 Å². The third-order valence-corrected chi connectivity index (χ3v) is 2.62. The van der Waals surface area contributed by atoms with Crippen LogP contribution >= 0.6 is 0 Å². The lowest BCUT2D eigenvalue weighted by atomic mass is 9.96. The molecule has 0 spiro atoms. The van der Waals surface area contributed by atoms with Crippen molar-refractivity contribution < 1.29 is 4.74 Å². The number of nitrogens with two attached hydrogens (primary N) is 1. The predicted octanol–water partition coefficient (Wildman–Crippen LogP) is 2.03. The maximum Gasteiger partial charge on any atom is 0.218 e. The molecule has 1 aromatic rings. The van der Waals surface area contributed by atoms with Crippen molar-refractivity contribution in [2.75, 3.05) is 0 Å². The second kappa shape index (κ2) is 3.96. The highest BCUT2D eigenvalue weighted by Crippen LogP contribution is 2.27. The maximum absolute atomic E-state index is 5.83. The third kappa shape index (κ3) is 1.87. The molecule has 2 rings (SSSR count). The summed E-state index contributed by atoms with van der Waals surface area (Å²) in [6.07, 6.45) is 5.68. The fourth-order valence-electron chi connectivity index (χ4n) is 1.49. The first-order chi connectivity index (χ1) is 6.77. The largest absolute Gasteiger partial charge is 0.474 e. The van der Waals surface area contributed by atoms with Crippen molar-refractivity contribution in [1.82, 2.24) is 4.98 Å². The number of aromatic nitrogens is 1. The van der Waals surface area contributed by atoms with Crippen LogP contribution in [0.5, 0.6) is 5.88 Å². The molecule has 76 valence electrons. The van der Waals surface area contributed by atoms with Gasteiger partial charge in [-0.2, -0.15) is 0 Å². The van der Waals surface area contributed by atoms with Gasteiger partial charge in [0.2, 0.25) is 5.88 Å². The van der Waals surface area contributed by atoms with Crippen molar-refractivity contribution in [2.45, 2.75) is 38.3 Å². The molecule has 2 N–H and O–H groups in total. The molecule has 1 atom stereocenters. The SMILES string of the molecule is C[C@H](N)c1cccnc1OC1CCC1. The molecule has 1 aliphatic rings. The zero-order chi connectivity index (χ0) is 9.97. The molecule has 3 heteroatoms. The van der Waals surface area contributed by atoms with E-state index < -0.39 is 0 Å². The van der Waals surface area contributed by atoms with Crippen LogP contribution in [0.2, 0.25) is 0 Å². The van der Waals surface area contributed by atoms with Crippen molar-refractivity contribution in [1.29, 1.82) is 0 Å². The molecule has 0 saturated heterocycles. The number of pyridine rings is 1. The quantitative estimate of drug-likeness (QED) is 0.797. The summed E-state index contributed by atoms with van der Waals surface area (Å²) < 4.78 is 5.75. The van der Waals surface area contributed by atoms with Crippen molar-refractivity contribution in [2.24, 2.45) is 5.73 Å². The Morgan fingerprint density at radius 1 is 1.57 bits per heavy atom. The molecule has 1 saturated carbocycles. The Bertz CT molecular complexity index is 308. The van der Waals surface area contributed by atoms with E-state index in [0.29, 0.717) is 12.0 Å². The molecule has 14 heavy (non-hydrogen) atoms.